The summed E-state index contributed by atoms with van der Waals surface area (Å²) in [6, 6.07) is 12.9. The van der Waals surface area contributed by atoms with Crippen molar-refractivity contribution in [2.45, 2.75) is 13.5 Å². The van der Waals surface area contributed by atoms with E-state index in [-0.39, 0.29) is 6.03 Å². The normalized spacial score (nSPS) is 10.0. The topological polar surface area (TPSA) is 50.4 Å². The minimum Gasteiger partial charge on any atom is -0.493 e. The zero-order valence-corrected chi connectivity index (χ0v) is 12.7. The number of aryl methyl sites for hydroxylation is 1. The predicted octanol–water partition coefficient (Wildman–Crippen LogP) is 3.98. The molecule has 2 aromatic rings. The molecule has 0 saturated heterocycles. The SMILES string of the molecule is COc1c(Cl)cccc1NC(=O)NCc1ccc(C)cc1. The van der Waals surface area contributed by atoms with E-state index in [1.165, 1.54) is 12.7 Å². The Hall–Kier alpha value is -2.20. The molecule has 2 rings (SSSR count). The number of hydrogen-bond acceptors (Lipinski definition) is 2. The van der Waals surface area contributed by atoms with Crippen LogP contribution >= 0.6 is 11.6 Å². The molecule has 2 N–H and O–H groups in total. The summed E-state index contributed by atoms with van der Waals surface area (Å²) >= 11 is 6.00. The summed E-state index contributed by atoms with van der Waals surface area (Å²) in [5.74, 6) is 0.449. The second kappa shape index (κ2) is 6.99. The number of amides is 2. The number of carbonyl (C=O) groups excluding carboxylic acids is 1. The minimum atomic E-state index is -0.309. The van der Waals surface area contributed by atoms with Gasteiger partial charge in [0.2, 0.25) is 0 Å². The van der Waals surface area contributed by atoms with Gasteiger partial charge in [-0.05, 0) is 24.6 Å². The summed E-state index contributed by atoms with van der Waals surface area (Å²) in [6.45, 7) is 2.48. The molecule has 0 aromatic heterocycles. The van der Waals surface area contributed by atoms with Gasteiger partial charge in [0.15, 0.2) is 5.75 Å². The Bertz CT molecular complexity index is 627. The molecule has 2 amide bonds. The lowest BCUT2D eigenvalue weighted by Crippen LogP contribution is -2.28. The lowest BCUT2D eigenvalue weighted by atomic mass is 10.1. The van der Waals surface area contributed by atoms with E-state index in [0.29, 0.717) is 23.0 Å². The maximum atomic E-state index is 11.9. The second-order valence-corrected chi connectivity index (χ2v) is 5.02. The molecule has 5 heteroatoms. The van der Waals surface area contributed by atoms with Gasteiger partial charge < -0.3 is 15.4 Å². The third-order valence-electron chi connectivity index (χ3n) is 2.99. The molecule has 110 valence electrons. The largest absolute Gasteiger partial charge is 0.493 e. The van der Waals surface area contributed by atoms with Crippen LogP contribution in [-0.4, -0.2) is 13.1 Å². The van der Waals surface area contributed by atoms with Gasteiger partial charge in [0, 0.05) is 6.54 Å². The van der Waals surface area contributed by atoms with Crippen LogP contribution in [0.2, 0.25) is 5.02 Å². The number of halogens is 1. The van der Waals surface area contributed by atoms with Crippen LogP contribution in [0.25, 0.3) is 0 Å². The highest BCUT2D eigenvalue weighted by atomic mass is 35.5. The van der Waals surface area contributed by atoms with Crippen LogP contribution in [0.3, 0.4) is 0 Å². The van der Waals surface area contributed by atoms with Gasteiger partial charge in [0.1, 0.15) is 0 Å². The number of para-hydroxylation sites is 1. The van der Waals surface area contributed by atoms with E-state index < -0.39 is 0 Å². The monoisotopic (exact) mass is 304 g/mol. The van der Waals surface area contributed by atoms with Crippen LogP contribution < -0.4 is 15.4 Å². The number of hydrogen-bond donors (Lipinski definition) is 2. The smallest absolute Gasteiger partial charge is 0.319 e. The van der Waals surface area contributed by atoms with Crippen molar-refractivity contribution in [3.8, 4) is 5.75 Å². The van der Waals surface area contributed by atoms with E-state index in [1.807, 2.05) is 31.2 Å². The van der Waals surface area contributed by atoms with Crippen LogP contribution in [-0.2, 0) is 6.54 Å². The fourth-order valence-corrected chi connectivity index (χ4v) is 2.12. The third kappa shape index (κ3) is 4.13. The summed E-state index contributed by atoms with van der Waals surface area (Å²) in [5, 5.41) is 5.97. The molecule has 0 aliphatic carbocycles. The van der Waals surface area contributed by atoms with Crippen molar-refractivity contribution < 1.29 is 9.53 Å². The number of rotatable bonds is 4. The van der Waals surface area contributed by atoms with Crippen LogP contribution in [0.15, 0.2) is 42.5 Å². The first-order valence-electron chi connectivity index (χ1n) is 6.53. The number of ether oxygens (including phenoxy) is 1. The summed E-state index contributed by atoms with van der Waals surface area (Å²) in [6.07, 6.45) is 0. The molecule has 21 heavy (non-hydrogen) atoms. The zero-order valence-electron chi connectivity index (χ0n) is 11.9. The van der Waals surface area contributed by atoms with Crippen molar-refractivity contribution in [2.75, 3.05) is 12.4 Å². The number of benzene rings is 2. The summed E-state index contributed by atoms with van der Waals surface area (Å²) < 4.78 is 5.18. The molecule has 0 aliphatic rings. The fourth-order valence-electron chi connectivity index (χ4n) is 1.87. The van der Waals surface area contributed by atoms with E-state index in [4.69, 9.17) is 16.3 Å². The molecule has 4 nitrogen and oxygen atoms in total. The first kappa shape index (κ1) is 15.2. The molecule has 0 unspecified atom stereocenters. The van der Waals surface area contributed by atoms with Gasteiger partial charge in [-0.2, -0.15) is 0 Å². The Morgan fingerprint density at radius 1 is 1.19 bits per heavy atom. The molecule has 0 fully saturated rings. The van der Waals surface area contributed by atoms with Crippen LogP contribution in [0, 0.1) is 6.92 Å². The second-order valence-electron chi connectivity index (χ2n) is 4.61. The number of urea groups is 1. The van der Waals surface area contributed by atoms with Crippen LogP contribution in [0.4, 0.5) is 10.5 Å². The molecular weight excluding hydrogens is 288 g/mol. The summed E-state index contributed by atoms with van der Waals surface area (Å²) in [7, 11) is 1.51. The highest BCUT2D eigenvalue weighted by Crippen LogP contribution is 2.32. The van der Waals surface area contributed by atoms with E-state index in [1.54, 1.807) is 18.2 Å². The molecular formula is C16H17ClN2O2. The molecule has 0 heterocycles. The number of anilines is 1. The fraction of sp³-hybridized carbons (Fsp3) is 0.188. The van der Waals surface area contributed by atoms with Gasteiger partial charge in [0.25, 0.3) is 0 Å². The molecule has 0 aliphatic heterocycles. The Kier molecular flexibility index (Phi) is 5.06. The number of nitrogens with one attached hydrogen (secondary N) is 2. The van der Waals surface area contributed by atoms with Crippen molar-refractivity contribution in [3.05, 3.63) is 58.6 Å². The van der Waals surface area contributed by atoms with E-state index >= 15 is 0 Å². The average Bonchev–Trinajstić information content (AvgIpc) is 2.47. The molecule has 0 bridgehead atoms. The third-order valence-corrected chi connectivity index (χ3v) is 3.29. The van der Waals surface area contributed by atoms with Crippen molar-refractivity contribution >= 4 is 23.3 Å². The Morgan fingerprint density at radius 2 is 1.90 bits per heavy atom. The Labute approximate surface area is 129 Å². The summed E-state index contributed by atoms with van der Waals surface area (Å²) in [4.78, 5) is 11.9. The van der Waals surface area contributed by atoms with Gasteiger partial charge in [-0.15, -0.1) is 0 Å². The van der Waals surface area contributed by atoms with E-state index in [9.17, 15) is 4.79 Å². The van der Waals surface area contributed by atoms with Gasteiger partial charge >= 0.3 is 6.03 Å². The Morgan fingerprint density at radius 3 is 2.57 bits per heavy atom. The predicted molar refractivity (Wildman–Crippen MR) is 85.0 cm³/mol. The van der Waals surface area contributed by atoms with Crippen molar-refractivity contribution in [1.82, 2.24) is 5.32 Å². The van der Waals surface area contributed by atoms with Gasteiger partial charge in [-0.3, -0.25) is 0 Å². The first-order chi connectivity index (χ1) is 10.1. The standard InChI is InChI=1S/C16H17ClN2O2/c1-11-6-8-12(9-7-11)10-18-16(20)19-14-5-3-4-13(17)15(14)21-2/h3-9H,10H2,1-2H3,(H2,18,19,20). The highest BCUT2D eigenvalue weighted by Gasteiger charge is 2.10. The zero-order chi connectivity index (χ0) is 15.2. The van der Waals surface area contributed by atoms with Crippen molar-refractivity contribution in [1.29, 1.82) is 0 Å². The molecule has 2 aromatic carbocycles. The number of methoxy groups -OCH3 is 1. The summed E-state index contributed by atoms with van der Waals surface area (Å²) in [5.41, 5.74) is 2.76. The van der Waals surface area contributed by atoms with Crippen molar-refractivity contribution in [2.24, 2.45) is 0 Å². The van der Waals surface area contributed by atoms with Gasteiger partial charge in [-0.25, -0.2) is 4.79 Å². The lowest BCUT2D eigenvalue weighted by Gasteiger charge is -2.12. The first-order valence-corrected chi connectivity index (χ1v) is 6.91. The molecule has 0 saturated carbocycles. The number of carbonyl (C=O) groups is 1. The van der Waals surface area contributed by atoms with E-state index in [2.05, 4.69) is 10.6 Å². The van der Waals surface area contributed by atoms with Crippen molar-refractivity contribution in [3.63, 3.8) is 0 Å². The average molecular weight is 305 g/mol. The lowest BCUT2D eigenvalue weighted by molar-refractivity contribution is 0.251. The van der Waals surface area contributed by atoms with Gasteiger partial charge in [0.05, 0.1) is 17.8 Å². The maximum Gasteiger partial charge on any atom is 0.319 e. The minimum absolute atomic E-state index is 0.309. The quantitative estimate of drug-likeness (QED) is 0.897. The highest BCUT2D eigenvalue weighted by molar-refractivity contribution is 6.32. The molecule has 0 spiro atoms. The van der Waals surface area contributed by atoms with Crippen LogP contribution in [0.1, 0.15) is 11.1 Å². The maximum absolute atomic E-state index is 11.9. The van der Waals surface area contributed by atoms with E-state index in [0.717, 1.165) is 5.56 Å². The van der Waals surface area contributed by atoms with Crippen LogP contribution in [0.5, 0.6) is 5.75 Å². The molecule has 0 radical (unpaired) electrons. The molecule has 0 atom stereocenters. The Balaban J connectivity index is 1.96. The van der Waals surface area contributed by atoms with Gasteiger partial charge in [-0.1, -0.05) is 47.5 Å².